The van der Waals surface area contributed by atoms with E-state index in [1.807, 2.05) is 0 Å². The summed E-state index contributed by atoms with van der Waals surface area (Å²) in [4.78, 5) is 0. The monoisotopic (exact) mass is 239 g/mol. The minimum absolute atomic E-state index is 0.0542. The minimum atomic E-state index is 0.0542. The zero-order valence-corrected chi connectivity index (χ0v) is 10.9. The van der Waals surface area contributed by atoms with Gasteiger partial charge < -0.3 is 15.2 Å². The molecule has 3 heteroatoms. The van der Waals surface area contributed by atoms with E-state index < -0.39 is 0 Å². The molecule has 1 saturated carbocycles. The fourth-order valence-electron chi connectivity index (χ4n) is 4.17. The highest BCUT2D eigenvalue weighted by Crippen LogP contribution is 2.50. The Morgan fingerprint density at radius 2 is 2.00 bits per heavy atom. The van der Waals surface area contributed by atoms with Gasteiger partial charge in [-0.3, -0.25) is 0 Å². The lowest BCUT2D eigenvalue weighted by molar-refractivity contribution is -0.117. The minimum Gasteiger partial charge on any atom is -0.378 e. The first-order valence-corrected chi connectivity index (χ1v) is 7.09. The van der Waals surface area contributed by atoms with Crippen molar-refractivity contribution in [3.8, 4) is 0 Å². The van der Waals surface area contributed by atoms with Gasteiger partial charge in [0.1, 0.15) is 0 Å². The molecule has 3 aliphatic rings. The van der Waals surface area contributed by atoms with E-state index in [-0.39, 0.29) is 5.60 Å². The van der Waals surface area contributed by atoms with Gasteiger partial charge in [0, 0.05) is 25.7 Å². The molecule has 1 aliphatic carbocycles. The standard InChI is InChI=1S/C14H25NO2/c1-13(4-2-12(15)9-13)11-3-6-17-14(8-11)5-7-16-10-14/h11-12H,2-10,15H2,1H3. The van der Waals surface area contributed by atoms with Crippen LogP contribution >= 0.6 is 0 Å². The van der Waals surface area contributed by atoms with Gasteiger partial charge >= 0.3 is 0 Å². The van der Waals surface area contributed by atoms with Gasteiger partial charge in [-0.1, -0.05) is 6.92 Å². The van der Waals surface area contributed by atoms with Crippen LogP contribution in [0.5, 0.6) is 0 Å². The quantitative estimate of drug-likeness (QED) is 0.762. The Morgan fingerprint density at radius 3 is 2.65 bits per heavy atom. The molecule has 4 atom stereocenters. The predicted octanol–water partition coefficient (Wildman–Crippen LogP) is 2.09. The SMILES string of the molecule is CC1(C2CCOC3(CCOC3)C2)CCC(N)C1. The lowest BCUT2D eigenvalue weighted by atomic mass is 9.68. The van der Waals surface area contributed by atoms with Crippen molar-refractivity contribution in [3.05, 3.63) is 0 Å². The summed E-state index contributed by atoms with van der Waals surface area (Å²) in [5.74, 6) is 0.784. The molecule has 2 N–H and O–H groups in total. The van der Waals surface area contributed by atoms with Gasteiger partial charge in [0.05, 0.1) is 12.2 Å². The molecule has 3 rings (SSSR count). The first-order chi connectivity index (χ1) is 8.12. The molecule has 3 nitrogen and oxygen atoms in total. The van der Waals surface area contributed by atoms with Crippen LogP contribution in [0.4, 0.5) is 0 Å². The van der Waals surface area contributed by atoms with E-state index >= 15 is 0 Å². The second-order valence-corrected chi connectivity index (χ2v) is 6.68. The van der Waals surface area contributed by atoms with Gasteiger partial charge in [-0.05, 0) is 43.4 Å². The van der Waals surface area contributed by atoms with Crippen LogP contribution in [0.25, 0.3) is 0 Å². The van der Waals surface area contributed by atoms with Gasteiger partial charge in [0.15, 0.2) is 0 Å². The molecule has 2 heterocycles. The van der Waals surface area contributed by atoms with Crippen molar-refractivity contribution in [1.29, 1.82) is 0 Å². The lowest BCUT2D eigenvalue weighted by Gasteiger charge is -2.44. The predicted molar refractivity (Wildman–Crippen MR) is 66.8 cm³/mol. The maximum atomic E-state index is 6.11. The third-order valence-corrected chi connectivity index (χ3v) is 5.36. The van der Waals surface area contributed by atoms with E-state index in [1.165, 1.54) is 32.1 Å². The molecular weight excluding hydrogens is 214 g/mol. The normalized spacial score (nSPS) is 51.2. The Balaban J connectivity index is 1.71. The van der Waals surface area contributed by atoms with Crippen LogP contribution in [-0.2, 0) is 9.47 Å². The van der Waals surface area contributed by atoms with E-state index in [9.17, 15) is 0 Å². The molecule has 0 radical (unpaired) electrons. The highest BCUT2D eigenvalue weighted by atomic mass is 16.6. The average Bonchev–Trinajstić information content (AvgIpc) is 2.88. The number of ether oxygens (including phenoxy) is 2. The third-order valence-electron chi connectivity index (χ3n) is 5.36. The smallest absolute Gasteiger partial charge is 0.0939 e. The van der Waals surface area contributed by atoms with Crippen LogP contribution < -0.4 is 5.73 Å². The molecule has 0 aromatic rings. The Kier molecular flexibility index (Phi) is 2.96. The summed E-state index contributed by atoms with van der Waals surface area (Å²) in [6, 6.07) is 0.429. The highest BCUT2D eigenvalue weighted by molar-refractivity contribution is 4.99. The van der Waals surface area contributed by atoms with Crippen molar-refractivity contribution in [2.24, 2.45) is 17.1 Å². The van der Waals surface area contributed by atoms with Crippen molar-refractivity contribution < 1.29 is 9.47 Å². The fraction of sp³-hybridized carbons (Fsp3) is 1.00. The zero-order chi connectivity index (χ0) is 11.9. The van der Waals surface area contributed by atoms with E-state index in [4.69, 9.17) is 15.2 Å². The summed E-state index contributed by atoms with van der Waals surface area (Å²) >= 11 is 0. The van der Waals surface area contributed by atoms with Gasteiger partial charge in [0.25, 0.3) is 0 Å². The molecule has 0 amide bonds. The van der Waals surface area contributed by atoms with Crippen LogP contribution in [0.15, 0.2) is 0 Å². The van der Waals surface area contributed by atoms with Gasteiger partial charge in [-0.25, -0.2) is 0 Å². The number of hydrogen-bond donors (Lipinski definition) is 1. The maximum absolute atomic E-state index is 6.11. The molecular formula is C14H25NO2. The lowest BCUT2D eigenvalue weighted by Crippen LogP contribution is -2.44. The largest absolute Gasteiger partial charge is 0.378 e. The second kappa shape index (κ2) is 4.22. The second-order valence-electron chi connectivity index (χ2n) is 6.68. The number of rotatable bonds is 1. The van der Waals surface area contributed by atoms with Crippen molar-refractivity contribution in [2.75, 3.05) is 19.8 Å². The van der Waals surface area contributed by atoms with Gasteiger partial charge in [-0.2, -0.15) is 0 Å². The van der Waals surface area contributed by atoms with Crippen LogP contribution in [0.2, 0.25) is 0 Å². The maximum Gasteiger partial charge on any atom is 0.0939 e. The van der Waals surface area contributed by atoms with Crippen molar-refractivity contribution in [2.45, 2.75) is 57.1 Å². The molecule has 1 spiro atoms. The summed E-state index contributed by atoms with van der Waals surface area (Å²) in [5.41, 5.74) is 6.62. The van der Waals surface area contributed by atoms with Gasteiger partial charge in [0.2, 0.25) is 0 Å². The fourth-order valence-corrected chi connectivity index (χ4v) is 4.17. The molecule has 2 saturated heterocycles. The summed E-state index contributed by atoms with van der Waals surface area (Å²) in [5, 5.41) is 0. The van der Waals surface area contributed by atoms with E-state index in [0.717, 1.165) is 32.2 Å². The van der Waals surface area contributed by atoms with Crippen LogP contribution in [-0.4, -0.2) is 31.5 Å². The Labute approximate surface area is 104 Å². The molecule has 0 bridgehead atoms. The van der Waals surface area contributed by atoms with Crippen molar-refractivity contribution >= 4 is 0 Å². The zero-order valence-electron chi connectivity index (χ0n) is 10.9. The molecule has 3 fully saturated rings. The van der Waals surface area contributed by atoms with Crippen LogP contribution in [0, 0.1) is 11.3 Å². The van der Waals surface area contributed by atoms with E-state index in [1.54, 1.807) is 0 Å². The molecule has 2 aliphatic heterocycles. The first kappa shape index (κ1) is 11.9. The highest BCUT2D eigenvalue weighted by Gasteiger charge is 2.48. The summed E-state index contributed by atoms with van der Waals surface area (Å²) in [7, 11) is 0. The third kappa shape index (κ3) is 2.13. The van der Waals surface area contributed by atoms with Crippen LogP contribution in [0.1, 0.15) is 45.4 Å². The molecule has 17 heavy (non-hydrogen) atoms. The van der Waals surface area contributed by atoms with E-state index in [2.05, 4.69) is 6.92 Å². The van der Waals surface area contributed by atoms with Crippen molar-refractivity contribution in [3.63, 3.8) is 0 Å². The first-order valence-electron chi connectivity index (χ1n) is 7.09. The Morgan fingerprint density at radius 1 is 1.12 bits per heavy atom. The summed E-state index contributed by atoms with van der Waals surface area (Å²) in [6.45, 7) is 5.05. The number of nitrogens with two attached hydrogens (primary N) is 1. The topological polar surface area (TPSA) is 44.5 Å². The molecule has 0 aromatic heterocycles. The summed E-state index contributed by atoms with van der Waals surface area (Å²) < 4.78 is 11.6. The molecule has 98 valence electrons. The molecule has 4 unspecified atom stereocenters. The summed E-state index contributed by atoms with van der Waals surface area (Å²) in [6.07, 6.45) is 7.20. The van der Waals surface area contributed by atoms with Crippen molar-refractivity contribution in [1.82, 2.24) is 0 Å². The Bertz CT molecular complexity index is 288. The average molecular weight is 239 g/mol. The van der Waals surface area contributed by atoms with Crippen LogP contribution in [0.3, 0.4) is 0 Å². The van der Waals surface area contributed by atoms with E-state index in [0.29, 0.717) is 11.5 Å². The van der Waals surface area contributed by atoms with Gasteiger partial charge in [-0.15, -0.1) is 0 Å². The number of hydrogen-bond acceptors (Lipinski definition) is 3. The Hall–Kier alpha value is -0.120. The molecule has 0 aromatic carbocycles.